The number of fused-ring (bicyclic) bond motifs is 7. The first kappa shape index (κ1) is 33.0. The number of aliphatic carboxylic acids is 1. The minimum atomic E-state index is -3.74. The fourth-order valence-electron chi connectivity index (χ4n) is 12.7. The molecule has 5 fully saturated rings. The van der Waals surface area contributed by atoms with Gasteiger partial charge in [-0.2, -0.15) is 4.31 Å². The predicted molar refractivity (Wildman–Crippen MR) is 179 cm³/mol. The Bertz CT molecular complexity index is 1500. The Kier molecular flexibility index (Phi) is 7.90. The van der Waals surface area contributed by atoms with Crippen molar-refractivity contribution in [1.29, 1.82) is 0 Å². The number of nitrogens with zero attached hydrogens (tertiary/aromatic N) is 1. The summed E-state index contributed by atoms with van der Waals surface area (Å²) in [4.78, 5) is 11.2. The van der Waals surface area contributed by atoms with E-state index in [9.17, 15) is 18.3 Å². The van der Waals surface area contributed by atoms with Crippen molar-refractivity contribution in [3.63, 3.8) is 0 Å². The number of benzene rings is 1. The highest BCUT2D eigenvalue weighted by Gasteiger charge is 2.71. The van der Waals surface area contributed by atoms with E-state index in [-0.39, 0.29) is 32.5 Å². The number of aliphatic hydroxyl groups excluding tert-OH is 1. The molecular weight excluding hydrogens is 582 g/mol. The van der Waals surface area contributed by atoms with Gasteiger partial charge in [0.15, 0.2) is 0 Å². The summed E-state index contributed by atoms with van der Waals surface area (Å²) in [5, 5.41) is 19.7. The third-order valence-corrected chi connectivity index (χ3v) is 17.2. The van der Waals surface area contributed by atoms with Gasteiger partial charge in [0.1, 0.15) is 0 Å². The van der Waals surface area contributed by atoms with Gasteiger partial charge in [-0.05, 0) is 154 Å². The molecule has 6 rings (SSSR count). The van der Waals surface area contributed by atoms with Crippen LogP contribution in [0.2, 0.25) is 0 Å². The number of hydrogen-bond donors (Lipinski definition) is 2. The minimum absolute atomic E-state index is 0.0386. The van der Waals surface area contributed by atoms with Gasteiger partial charge < -0.3 is 10.2 Å². The van der Waals surface area contributed by atoms with Crippen molar-refractivity contribution in [3.05, 3.63) is 48.1 Å². The fraction of sp³-hybridized carbons (Fsp3) is 0.711. The lowest BCUT2D eigenvalue weighted by Gasteiger charge is -2.73. The molecule has 1 heterocycles. The van der Waals surface area contributed by atoms with E-state index in [4.69, 9.17) is 5.11 Å². The van der Waals surface area contributed by atoms with Crippen LogP contribution in [0, 0.1) is 51.2 Å². The highest BCUT2D eigenvalue weighted by atomic mass is 32.2. The lowest BCUT2D eigenvalue weighted by atomic mass is 9.33. The molecule has 2 N–H and O–H groups in total. The maximum Gasteiger partial charge on any atom is 0.328 e. The molecule has 0 amide bonds. The first-order chi connectivity index (χ1) is 21.0. The molecule has 5 aliphatic rings. The highest BCUT2D eigenvalue weighted by molar-refractivity contribution is 7.89. The summed E-state index contributed by atoms with van der Waals surface area (Å²) < 4.78 is 30.1. The Balaban J connectivity index is 1.30. The van der Waals surface area contributed by atoms with Gasteiger partial charge in [0.2, 0.25) is 10.0 Å². The number of allylic oxidation sites excluding steroid dienone is 1. The van der Waals surface area contributed by atoms with Crippen LogP contribution in [0.25, 0.3) is 6.08 Å². The number of rotatable bonds is 6. The topological polar surface area (TPSA) is 94.9 Å². The number of carboxylic acid groups (broad SMARTS) is 1. The average molecular weight is 638 g/mol. The summed E-state index contributed by atoms with van der Waals surface area (Å²) in [5.74, 6) is 1.35. The number of piperidine rings is 1. The summed E-state index contributed by atoms with van der Waals surface area (Å²) in [5.41, 5.74) is 1.85. The van der Waals surface area contributed by atoms with Crippen LogP contribution in [-0.4, -0.2) is 47.6 Å². The normalized spacial score (nSPS) is 42.8. The zero-order chi connectivity index (χ0) is 32.8. The summed E-state index contributed by atoms with van der Waals surface area (Å²) in [6.45, 7) is 19.4. The van der Waals surface area contributed by atoms with E-state index in [1.54, 1.807) is 28.6 Å². The summed E-state index contributed by atoms with van der Waals surface area (Å²) >= 11 is 0. The Labute approximate surface area is 271 Å². The number of hydrogen-bond acceptors (Lipinski definition) is 4. The number of aliphatic hydroxyl groups is 1. The van der Waals surface area contributed by atoms with E-state index in [1.165, 1.54) is 30.9 Å². The summed E-state index contributed by atoms with van der Waals surface area (Å²) in [6.07, 6.45) is 12.5. The van der Waals surface area contributed by atoms with Crippen LogP contribution in [-0.2, 0) is 14.8 Å². The number of carboxylic acids is 1. The van der Waals surface area contributed by atoms with Gasteiger partial charge in [0.05, 0.1) is 4.90 Å². The van der Waals surface area contributed by atoms with Crippen LogP contribution in [0.4, 0.5) is 0 Å². The SMILES string of the molecule is C=C(C)[C@@H]1CC[C@]2(CO)CC[C@]3(C)[C@H](CC[C@@H]4[C@@]5(C)CCN(S(=O)(=O)c6ccc(/C=C/C(=O)O)cc6)C(C)(C)C5CC[C@]43C)[C@@H]12. The van der Waals surface area contributed by atoms with Gasteiger partial charge in [0, 0.05) is 24.8 Å². The smallest absolute Gasteiger partial charge is 0.328 e. The van der Waals surface area contributed by atoms with Crippen molar-refractivity contribution in [2.24, 2.45) is 51.2 Å². The average Bonchev–Trinajstić information content (AvgIpc) is 3.37. The van der Waals surface area contributed by atoms with Crippen molar-refractivity contribution in [2.75, 3.05) is 13.2 Å². The molecule has 248 valence electrons. The fourth-order valence-corrected chi connectivity index (χ4v) is 14.5. The molecule has 7 heteroatoms. The lowest BCUT2D eigenvalue weighted by Crippen LogP contribution is -2.70. The molecule has 1 unspecified atom stereocenters. The second kappa shape index (κ2) is 10.8. The Hall–Kier alpha value is -1.96. The minimum Gasteiger partial charge on any atom is -0.478 e. The van der Waals surface area contributed by atoms with Gasteiger partial charge in [-0.15, -0.1) is 0 Å². The van der Waals surface area contributed by atoms with Crippen molar-refractivity contribution in [1.82, 2.24) is 4.31 Å². The number of carbonyl (C=O) groups is 1. The molecule has 0 bridgehead atoms. The Morgan fingerprint density at radius 2 is 1.62 bits per heavy atom. The zero-order valence-corrected chi connectivity index (χ0v) is 29.1. The Morgan fingerprint density at radius 3 is 2.24 bits per heavy atom. The molecule has 1 aromatic carbocycles. The summed E-state index contributed by atoms with van der Waals surface area (Å²) in [7, 11) is -3.74. The maximum absolute atomic E-state index is 14.2. The predicted octanol–water partition coefficient (Wildman–Crippen LogP) is 7.79. The van der Waals surface area contributed by atoms with Gasteiger partial charge in [-0.3, -0.25) is 0 Å². The Morgan fingerprint density at radius 1 is 0.933 bits per heavy atom. The highest BCUT2D eigenvalue weighted by Crippen LogP contribution is 2.76. The lowest BCUT2D eigenvalue weighted by molar-refractivity contribution is -0.238. The molecule has 6 nitrogen and oxygen atoms in total. The molecular formula is C38H55NO5S. The first-order valence-electron chi connectivity index (χ1n) is 17.3. The third-order valence-electron chi connectivity index (χ3n) is 15.1. The van der Waals surface area contributed by atoms with Crippen molar-refractivity contribution < 1.29 is 23.4 Å². The third kappa shape index (κ3) is 4.60. The van der Waals surface area contributed by atoms with Crippen LogP contribution >= 0.6 is 0 Å². The molecule has 1 aromatic rings. The van der Waals surface area contributed by atoms with Crippen LogP contribution in [0.1, 0.15) is 105 Å². The largest absolute Gasteiger partial charge is 0.478 e. The van der Waals surface area contributed by atoms with Crippen LogP contribution < -0.4 is 0 Å². The van der Waals surface area contributed by atoms with E-state index in [0.717, 1.165) is 44.6 Å². The van der Waals surface area contributed by atoms with Crippen molar-refractivity contribution in [3.8, 4) is 0 Å². The van der Waals surface area contributed by atoms with Gasteiger partial charge in [0.25, 0.3) is 0 Å². The van der Waals surface area contributed by atoms with E-state index < -0.39 is 21.5 Å². The quantitative estimate of drug-likeness (QED) is 0.245. The number of sulfonamides is 1. The molecule has 9 atom stereocenters. The molecule has 45 heavy (non-hydrogen) atoms. The zero-order valence-electron chi connectivity index (χ0n) is 28.3. The first-order valence-corrected chi connectivity index (χ1v) is 18.7. The van der Waals surface area contributed by atoms with E-state index in [0.29, 0.717) is 42.4 Å². The molecule has 4 saturated carbocycles. The monoisotopic (exact) mass is 637 g/mol. The molecule has 0 aromatic heterocycles. The van der Waals surface area contributed by atoms with Crippen molar-refractivity contribution in [2.45, 2.75) is 110 Å². The maximum atomic E-state index is 14.2. The molecule has 1 saturated heterocycles. The van der Waals surface area contributed by atoms with Gasteiger partial charge in [-0.1, -0.05) is 45.1 Å². The molecule has 0 radical (unpaired) electrons. The van der Waals surface area contributed by atoms with Crippen molar-refractivity contribution >= 4 is 22.1 Å². The van der Waals surface area contributed by atoms with Gasteiger partial charge in [-0.25, -0.2) is 13.2 Å². The van der Waals surface area contributed by atoms with E-state index in [1.807, 2.05) is 0 Å². The summed E-state index contributed by atoms with van der Waals surface area (Å²) in [6, 6.07) is 6.57. The molecule has 0 spiro atoms. The van der Waals surface area contributed by atoms with Crippen LogP contribution in [0.5, 0.6) is 0 Å². The second-order valence-corrected chi connectivity index (χ2v) is 18.8. The molecule has 1 aliphatic heterocycles. The standard InChI is InChI=1S/C38H55NO5S/c1-25(2)28-16-19-38(24-40)21-20-36(6)29(33(28)38)13-14-31-35(5)22-23-39(34(3,4)30(35)17-18-37(31,36)7)45(43,44)27-11-8-26(9-12-27)10-15-32(41)42/h8-12,15,28-31,33,40H,1,13-14,16-24H2,2-7H3,(H,41,42)/b15-10+/t28-,29+,30?,31+,33+,35-,36+,37+,38+/m0/s1. The van der Waals surface area contributed by atoms with E-state index >= 15 is 0 Å². The second-order valence-electron chi connectivity index (χ2n) is 16.9. The van der Waals surface area contributed by atoms with Gasteiger partial charge >= 0.3 is 5.97 Å². The molecule has 4 aliphatic carbocycles. The van der Waals surface area contributed by atoms with E-state index in [2.05, 4.69) is 48.1 Å². The van der Waals surface area contributed by atoms with Crippen LogP contribution in [0.15, 0.2) is 47.4 Å². The van der Waals surface area contributed by atoms with Crippen LogP contribution in [0.3, 0.4) is 0 Å².